The number of rotatable bonds is 8. The van der Waals surface area contributed by atoms with E-state index in [4.69, 9.17) is 14.2 Å². The molecule has 0 aliphatic carbocycles. The zero-order valence-electron chi connectivity index (χ0n) is 13.1. The molecule has 1 heterocycles. The Balaban J connectivity index is 2.36. The van der Waals surface area contributed by atoms with E-state index in [0.717, 1.165) is 45.6 Å². The number of methoxy groups -OCH3 is 1. The first kappa shape index (κ1) is 16.9. The van der Waals surface area contributed by atoms with Crippen LogP contribution < -0.4 is 5.32 Å². The predicted molar refractivity (Wildman–Crippen MR) is 77.6 cm³/mol. The summed E-state index contributed by atoms with van der Waals surface area (Å²) < 4.78 is 16.1. The predicted octanol–water partition coefficient (Wildman–Crippen LogP) is 2.22. The van der Waals surface area contributed by atoms with Gasteiger partial charge in [0.2, 0.25) is 0 Å². The van der Waals surface area contributed by atoms with Crippen LogP contribution in [-0.2, 0) is 14.2 Å². The minimum Gasteiger partial charge on any atom is -0.382 e. The summed E-state index contributed by atoms with van der Waals surface area (Å²) in [6.45, 7) is 11.6. The molecule has 0 radical (unpaired) electrons. The van der Waals surface area contributed by atoms with Crippen molar-refractivity contribution in [2.45, 2.75) is 45.6 Å². The van der Waals surface area contributed by atoms with Crippen molar-refractivity contribution in [1.82, 2.24) is 5.32 Å². The molecule has 1 aliphatic rings. The van der Waals surface area contributed by atoms with Crippen molar-refractivity contribution in [2.75, 3.05) is 46.7 Å². The van der Waals surface area contributed by atoms with E-state index in [-0.39, 0.29) is 5.54 Å². The van der Waals surface area contributed by atoms with Gasteiger partial charge < -0.3 is 19.5 Å². The van der Waals surface area contributed by atoms with Gasteiger partial charge in [0.1, 0.15) is 0 Å². The molecule has 0 aromatic heterocycles. The summed E-state index contributed by atoms with van der Waals surface area (Å²) in [4.78, 5) is 0. The van der Waals surface area contributed by atoms with Gasteiger partial charge in [-0.05, 0) is 45.4 Å². The second-order valence-corrected chi connectivity index (χ2v) is 6.57. The van der Waals surface area contributed by atoms with Crippen molar-refractivity contribution in [3.63, 3.8) is 0 Å². The quantitative estimate of drug-likeness (QED) is 0.688. The van der Waals surface area contributed by atoms with Crippen LogP contribution in [0.15, 0.2) is 0 Å². The summed E-state index contributed by atoms with van der Waals surface area (Å²) in [5.41, 5.74) is 0.501. The summed E-state index contributed by atoms with van der Waals surface area (Å²) in [6, 6.07) is 0. The van der Waals surface area contributed by atoms with Gasteiger partial charge in [-0.25, -0.2) is 0 Å². The van der Waals surface area contributed by atoms with E-state index < -0.39 is 0 Å². The molecule has 0 unspecified atom stereocenters. The monoisotopic (exact) mass is 273 g/mol. The molecule has 4 heteroatoms. The fourth-order valence-corrected chi connectivity index (χ4v) is 2.31. The van der Waals surface area contributed by atoms with E-state index >= 15 is 0 Å². The first-order valence-electron chi connectivity index (χ1n) is 7.37. The molecule has 0 saturated carbocycles. The molecule has 1 rings (SSSR count). The van der Waals surface area contributed by atoms with Crippen LogP contribution in [0, 0.1) is 5.41 Å². The molecule has 0 atom stereocenters. The Labute approximate surface area is 118 Å². The van der Waals surface area contributed by atoms with Crippen molar-refractivity contribution < 1.29 is 14.2 Å². The van der Waals surface area contributed by atoms with E-state index in [1.807, 2.05) is 0 Å². The van der Waals surface area contributed by atoms with Crippen molar-refractivity contribution in [2.24, 2.45) is 5.41 Å². The van der Waals surface area contributed by atoms with Gasteiger partial charge in [0.25, 0.3) is 0 Å². The van der Waals surface area contributed by atoms with Gasteiger partial charge in [-0.3, -0.25) is 0 Å². The van der Waals surface area contributed by atoms with Crippen LogP contribution in [0.4, 0.5) is 0 Å². The Bertz CT molecular complexity index is 232. The van der Waals surface area contributed by atoms with Crippen LogP contribution in [0.5, 0.6) is 0 Å². The maximum Gasteiger partial charge on any atom is 0.0700 e. The Morgan fingerprint density at radius 2 is 1.79 bits per heavy atom. The number of nitrogens with one attached hydrogen (secondary N) is 1. The summed E-state index contributed by atoms with van der Waals surface area (Å²) >= 11 is 0. The smallest absolute Gasteiger partial charge is 0.0700 e. The maximum atomic E-state index is 5.64. The Kier molecular flexibility index (Phi) is 7.29. The van der Waals surface area contributed by atoms with Crippen molar-refractivity contribution >= 4 is 0 Å². The zero-order chi connectivity index (χ0) is 14.2. The summed E-state index contributed by atoms with van der Waals surface area (Å²) in [7, 11) is 1.70. The van der Waals surface area contributed by atoms with E-state index in [0.29, 0.717) is 18.6 Å². The minimum atomic E-state index is 0.169. The molecular formula is C15H31NO3. The first-order chi connectivity index (χ1) is 8.97. The van der Waals surface area contributed by atoms with E-state index in [1.54, 1.807) is 7.11 Å². The van der Waals surface area contributed by atoms with Gasteiger partial charge in [0.05, 0.1) is 13.2 Å². The van der Waals surface area contributed by atoms with Gasteiger partial charge >= 0.3 is 0 Å². The SMILES string of the molecule is COCCOCCC1(CNC(C)(C)C)CCOCC1. The Hall–Kier alpha value is -0.160. The molecular weight excluding hydrogens is 242 g/mol. The highest BCUT2D eigenvalue weighted by Crippen LogP contribution is 2.34. The lowest BCUT2D eigenvalue weighted by molar-refractivity contribution is -0.0135. The largest absolute Gasteiger partial charge is 0.382 e. The molecule has 0 amide bonds. The number of hydrogen-bond donors (Lipinski definition) is 1. The molecule has 1 N–H and O–H groups in total. The van der Waals surface area contributed by atoms with Crippen molar-refractivity contribution in [3.8, 4) is 0 Å². The second-order valence-electron chi connectivity index (χ2n) is 6.57. The summed E-state index contributed by atoms with van der Waals surface area (Å²) in [5, 5.41) is 3.65. The zero-order valence-corrected chi connectivity index (χ0v) is 13.1. The van der Waals surface area contributed by atoms with E-state index in [1.165, 1.54) is 0 Å². The Morgan fingerprint density at radius 3 is 2.37 bits per heavy atom. The minimum absolute atomic E-state index is 0.169. The maximum absolute atomic E-state index is 5.64. The van der Waals surface area contributed by atoms with E-state index in [2.05, 4.69) is 26.1 Å². The van der Waals surface area contributed by atoms with Crippen LogP contribution in [-0.4, -0.2) is 52.2 Å². The van der Waals surface area contributed by atoms with Gasteiger partial charge in [0, 0.05) is 39.0 Å². The lowest BCUT2D eigenvalue weighted by Gasteiger charge is -2.39. The highest BCUT2D eigenvalue weighted by molar-refractivity contribution is 4.86. The number of hydrogen-bond acceptors (Lipinski definition) is 4. The third-order valence-corrected chi connectivity index (χ3v) is 3.76. The van der Waals surface area contributed by atoms with Gasteiger partial charge in [-0.1, -0.05) is 0 Å². The summed E-state index contributed by atoms with van der Waals surface area (Å²) in [5.74, 6) is 0. The average molecular weight is 273 g/mol. The second kappa shape index (κ2) is 8.20. The molecule has 114 valence electrons. The van der Waals surface area contributed by atoms with Crippen LogP contribution in [0.1, 0.15) is 40.0 Å². The third kappa shape index (κ3) is 7.25. The lowest BCUT2D eigenvalue weighted by Crippen LogP contribution is -2.46. The normalized spacial score (nSPS) is 19.6. The fourth-order valence-electron chi connectivity index (χ4n) is 2.31. The highest BCUT2D eigenvalue weighted by atomic mass is 16.5. The molecule has 19 heavy (non-hydrogen) atoms. The average Bonchev–Trinajstić information content (AvgIpc) is 2.37. The molecule has 4 nitrogen and oxygen atoms in total. The molecule has 1 aliphatic heterocycles. The fraction of sp³-hybridized carbons (Fsp3) is 1.00. The van der Waals surface area contributed by atoms with Crippen LogP contribution in [0.3, 0.4) is 0 Å². The van der Waals surface area contributed by atoms with Crippen molar-refractivity contribution in [3.05, 3.63) is 0 Å². The molecule has 0 bridgehead atoms. The van der Waals surface area contributed by atoms with Crippen molar-refractivity contribution in [1.29, 1.82) is 0 Å². The first-order valence-corrected chi connectivity index (χ1v) is 7.37. The van der Waals surface area contributed by atoms with Gasteiger partial charge in [0.15, 0.2) is 0 Å². The molecule has 0 aromatic rings. The van der Waals surface area contributed by atoms with Crippen LogP contribution in [0.25, 0.3) is 0 Å². The standard InChI is InChI=1S/C15H31NO3/c1-14(2,3)16-13-15(5-8-18-9-6-15)7-10-19-12-11-17-4/h16H,5-13H2,1-4H3. The third-order valence-electron chi connectivity index (χ3n) is 3.76. The van der Waals surface area contributed by atoms with Crippen LogP contribution in [0.2, 0.25) is 0 Å². The van der Waals surface area contributed by atoms with Crippen LogP contribution >= 0.6 is 0 Å². The van der Waals surface area contributed by atoms with Gasteiger partial charge in [-0.2, -0.15) is 0 Å². The topological polar surface area (TPSA) is 39.7 Å². The lowest BCUT2D eigenvalue weighted by atomic mass is 9.77. The molecule has 1 saturated heterocycles. The summed E-state index contributed by atoms with van der Waals surface area (Å²) in [6.07, 6.45) is 3.36. The van der Waals surface area contributed by atoms with Gasteiger partial charge in [-0.15, -0.1) is 0 Å². The molecule has 1 fully saturated rings. The molecule has 0 aromatic carbocycles. The number of ether oxygens (including phenoxy) is 3. The highest BCUT2D eigenvalue weighted by Gasteiger charge is 2.33. The molecule has 0 spiro atoms. The Morgan fingerprint density at radius 1 is 1.11 bits per heavy atom. The van der Waals surface area contributed by atoms with E-state index in [9.17, 15) is 0 Å².